The van der Waals surface area contributed by atoms with Gasteiger partial charge in [-0.2, -0.15) is 0 Å². The minimum absolute atomic E-state index is 0.00653. The molecule has 3 saturated carbocycles. The Balaban J connectivity index is 1.36. The van der Waals surface area contributed by atoms with Crippen LogP contribution in [0.4, 0.5) is 0 Å². The molecule has 1 saturated heterocycles. The summed E-state index contributed by atoms with van der Waals surface area (Å²) in [7, 11) is 0. The molecule has 0 aromatic heterocycles. The largest absolute Gasteiger partial charge is 0.459 e. The lowest BCUT2D eigenvalue weighted by molar-refractivity contribution is -0.185. The fourth-order valence-corrected chi connectivity index (χ4v) is 10.1. The molecule has 2 heterocycles. The van der Waals surface area contributed by atoms with E-state index in [-0.39, 0.29) is 52.9 Å². The van der Waals surface area contributed by atoms with Crippen LogP contribution in [0, 0.1) is 40.4 Å². The Morgan fingerprint density at radius 3 is 2.38 bits per heavy atom. The van der Waals surface area contributed by atoms with Gasteiger partial charge >= 0.3 is 17.9 Å². The molecule has 0 radical (unpaired) electrons. The zero-order valence-electron chi connectivity index (χ0n) is 24.7. The predicted octanol–water partition coefficient (Wildman–Crippen LogP) is 4.49. The minimum atomic E-state index is -1.02. The standard InChI is InChI=1S/C32H42O8/c1-15-14-23(39-29(36)16(15)2)17(3)20-8-9-21-26-22(12-13-30(20,21)6)31(7)24(35)10-11-25(37-18(4)33)32(31)28(40-32)27(26)38-19(5)34/h10-11,17,20-23,25-28H,8-9,12-14H2,1-7H3/t17-,20+,21-,22-,23+,25-,26-,27+,28+,30+,31-,32+/m0/s1. The van der Waals surface area contributed by atoms with E-state index in [2.05, 4.69) is 13.8 Å². The highest BCUT2D eigenvalue weighted by molar-refractivity contribution is 5.98. The first-order valence-corrected chi connectivity index (χ1v) is 14.9. The van der Waals surface area contributed by atoms with Gasteiger partial charge in [0.2, 0.25) is 0 Å². The van der Waals surface area contributed by atoms with Gasteiger partial charge < -0.3 is 18.9 Å². The van der Waals surface area contributed by atoms with Crippen molar-refractivity contribution in [2.24, 2.45) is 40.4 Å². The van der Waals surface area contributed by atoms with Crippen LogP contribution in [0.15, 0.2) is 23.3 Å². The number of carbonyl (C=O) groups is 4. The molecule has 0 aromatic rings. The molecule has 1 spiro atoms. The summed E-state index contributed by atoms with van der Waals surface area (Å²) in [6.45, 7) is 13.2. The number of rotatable bonds is 4. The Hall–Kier alpha value is -2.48. The quantitative estimate of drug-likeness (QED) is 0.284. The lowest BCUT2D eigenvalue weighted by Crippen LogP contribution is -2.68. The van der Waals surface area contributed by atoms with Gasteiger partial charge in [0.25, 0.3) is 0 Å². The number of hydrogen-bond acceptors (Lipinski definition) is 8. The molecular formula is C32H42O8. The lowest BCUT2D eigenvalue weighted by Gasteiger charge is -2.59. The third-order valence-corrected chi connectivity index (χ3v) is 12.2. The molecule has 12 atom stereocenters. The van der Waals surface area contributed by atoms with E-state index in [1.54, 1.807) is 12.2 Å². The summed E-state index contributed by atoms with van der Waals surface area (Å²) in [5.74, 6) is -0.457. The van der Waals surface area contributed by atoms with Crippen molar-refractivity contribution in [3.05, 3.63) is 23.3 Å². The zero-order valence-corrected chi connectivity index (χ0v) is 24.7. The number of hydrogen-bond donors (Lipinski definition) is 0. The summed E-state index contributed by atoms with van der Waals surface area (Å²) in [6, 6.07) is 0. The van der Waals surface area contributed by atoms with E-state index in [9.17, 15) is 19.2 Å². The third-order valence-electron chi connectivity index (χ3n) is 12.2. The number of cyclic esters (lactones) is 1. The van der Waals surface area contributed by atoms with Gasteiger partial charge in [-0.1, -0.05) is 19.4 Å². The van der Waals surface area contributed by atoms with Crippen molar-refractivity contribution in [2.45, 2.75) is 111 Å². The van der Waals surface area contributed by atoms with Crippen molar-refractivity contribution < 1.29 is 38.1 Å². The molecule has 4 aliphatic carbocycles. The van der Waals surface area contributed by atoms with Crippen LogP contribution < -0.4 is 0 Å². The molecule has 0 amide bonds. The third kappa shape index (κ3) is 3.53. The first kappa shape index (κ1) is 27.7. The van der Waals surface area contributed by atoms with E-state index in [1.165, 1.54) is 13.8 Å². The van der Waals surface area contributed by atoms with Crippen LogP contribution in [0.1, 0.15) is 80.6 Å². The summed E-state index contributed by atoms with van der Waals surface area (Å²) >= 11 is 0. The van der Waals surface area contributed by atoms with Crippen LogP contribution in [0.2, 0.25) is 0 Å². The maximum atomic E-state index is 13.8. The molecule has 8 nitrogen and oxygen atoms in total. The van der Waals surface area contributed by atoms with Gasteiger partial charge in [0.05, 0.1) is 5.41 Å². The Bertz CT molecular complexity index is 1230. The van der Waals surface area contributed by atoms with E-state index in [4.69, 9.17) is 18.9 Å². The first-order chi connectivity index (χ1) is 18.8. The number of allylic oxidation sites excluding steroid dienone is 1. The molecule has 0 unspecified atom stereocenters. The van der Waals surface area contributed by atoms with Gasteiger partial charge in [-0.05, 0) is 87.7 Å². The fraction of sp³-hybridized carbons (Fsp3) is 0.750. The van der Waals surface area contributed by atoms with Crippen molar-refractivity contribution in [1.29, 1.82) is 0 Å². The molecule has 6 aliphatic rings. The van der Waals surface area contributed by atoms with Crippen LogP contribution in [-0.2, 0) is 38.1 Å². The van der Waals surface area contributed by atoms with Gasteiger partial charge in [-0.25, -0.2) is 4.79 Å². The van der Waals surface area contributed by atoms with E-state index in [0.717, 1.165) is 37.7 Å². The maximum absolute atomic E-state index is 13.8. The Morgan fingerprint density at radius 2 is 1.73 bits per heavy atom. The highest BCUT2D eigenvalue weighted by Crippen LogP contribution is 2.73. The van der Waals surface area contributed by atoms with Crippen LogP contribution in [-0.4, -0.2) is 53.7 Å². The normalized spacial score (nSPS) is 47.8. The fourth-order valence-electron chi connectivity index (χ4n) is 10.1. The van der Waals surface area contributed by atoms with Crippen LogP contribution >= 0.6 is 0 Å². The van der Waals surface area contributed by atoms with Crippen molar-refractivity contribution >= 4 is 23.7 Å². The van der Waals surface area contributed by atoms with Gasteiger partial charge in [0, 0.05) is 31.8 Å². The van der Waals surface area contributed by atoms with Gasteiger partial charge in [0.1, 0.15) is 18.3 Å². The lowest BCUT2D eigenvalue weighted by atomic mass is 9.43. The van der Waals surface area contributed by atoms with Gasteiger partial charge in [0.15, 0.2) is 17.5 Å². The van der Waals surface area contributed by atoms with Crippen molar-refractivity contribution in [2.75, 3.05) is 0 Å². The Labute approximate surface area is 236 Å². The summed E-state index contributed by atoms with van der Waals surface area (Å²) in [5, 5.41) is 0. The van der Waals surface area contributed by atoms with Gasteiger partial charge in [-0.3, -0.25) is 14.4 Å². The topological polar surface area (TPSA) is 109 Å². The van der Waals surface area contributed by atoms with E-state index in [1.807, 2.05) is 20.8 Å². The van der Waals surface area contributed by atoms with E-state index >= 15 is 0 Å². The molecule has 6 rings (SSSR count). The molecule has 4 fully saturated rings. The number of epoxide rings is 1. The second-order valence-electron chi connectivity index (χ2n) is 13.8. The molecular weight excluding hydrogens is 512 g/mol. The predicted molar refractivity (Wildman–Crippen MR) is 144 cm³/mol. The van der Waals surface area contributed by atoms with Crippen molar-refractivity contribution in [3.63, 3.8) is 0 Å². The number of fused-ring (bicyclic) bond motifs is 4. The number of ether oxygens (including phenoxy) is 4. The SMILES string of the molecule is CC(=O)O[C@@H]1[C@H]2[C@@H]3CC[C@H]([C@H](C)[C@H]4CC(C)=C(C)C(=O)O4)[C@@]3(C)CC[C@@H]2[C@@]2(C)C(=O)C=C[C@H](OC(C)=O)[C@]23O[C@H]13. The van der Waals surface area contributed by atoms with Crippen molar-refractivity contribution in [1.82, 2.24) is 0 Å². The highest BCUT2D eigenvalue weighted by Gasteiger charge is 2.84. The molecule has 0 bridgehead atoms. The average molecular weight is 555 g/mol. The second-order valence-corrected chi connectivity index (χ2v) is 13.8. The first-order valence-electron chi connectivity index (χ1n) is 14.9. The average Bonchev–Trinajstić information content (AvgIpc) is 3.54. The second kappa shape index (κ2) is 9.01. The van der Waals surface area contributed by atoms with Gasteiger partial charge in [-0.15, -0.1) is 0 Å². The van der Waals surface area contributed by atoms with Crippen molar-refractivity contribution in [3.8, 4) is 0 Å². The Kier molecular flexibility index (Phi) is 6.23. The minimum Gasteiger partial charge on any atom is -0.459 e. The highest BCUT2D eigenvalue weighted by atomic mass is 16.7. The number of ketones is 1. The monoisotopic (exact) mass is 554 g/mol. The van der Waals surface area contributed by atoms with Crippen LogP contribution in [0.25, 0.3) is 0 Å². The van der Waals surface area contributed by atoms with E-state index in [0.29, 0.717) is 11.5 Å². The summed E-state index contributed by atoms with van der Waals surface area (Å²) in [4.78, 5) is 50.8. The molecule has 8 heteroatoms. The zero-order chi connectivity index (χ0) is 28.9. The molecule has 40 heavy (non-hydrogen) atoms. The van der Waals surface area contributed by atoms with E-state index < -0.39 is 35.3 Å². The maximum Gasteiger partial charge on any atom is 0.333 e. The summed E-state index contributed by atoms with van der Waals surface area (Å²) in [6.07, 6.45) is 5.69. The molecule has 0 aromatic carbocycles. The summed E-state index contributed by atoms with van der Waals surface area (Å²) < 4.78 is 24.2. The number of esters is 3. The van der Waals surface area contributed by atoms with Crippen LogP contribution in [0.3, 0.4) is 0 Å². The summed E-state index contributed by atoms with van der Waals surface area (Å²) in [5.41, 5.74) is -0.172. The molecule has 218 valence electrons. The smallest absolute Gasteiger partial charge is 0.333 e. The van der Waals surface area contributed by atoms with Crippen LogP contribution in [0.5, 0.6) is 0 Å². The molecule has 0 N–H and O–H groups in total. The molecule has 2 aliphatic heterocycles. The Morgan fingerprint density at radius 1 is 1.02 bits per heavy atom. The number of carbonyl (C=O) groups excluding carboxylic acids is 4.